The molecule has 1 saturated heterocycles. The Morgan fingerprint density at radius 1 is 1.55 bits per heavy atom. The van der Waals surface area contributed by atoms with E-state index in [4.69, 9.17) is 9.47 Å². The Balaban J connectivity index is 1.87. The number of hydrogen-bond donors (Lipinski definition) is 1. The summed E-state index contributed by atoms with van der Waals surface area (Å²) in [5, 5.41) is 7.84. The van der Waals surface area contributed by atoms with Crippen molar-refractivity contribution in [2.24, 2.45) is 0 Å². The minimum absolute atomic E-state index is 0.108. The molecule has 0 bridgehead atoms. The molecule has 1 aliphatic heterocycles. The Bertz CT molecular complexity index is 460. The molecule has 2 rings (SSSR count). The predicted molar refractivity (Wildman–Crippen MR) is 81.8 cm³/mol. The quantitative estimate of drug-likeness (QED) is 0.889. The normalized spacial score (nSPS) is 22.1. The van der Waals surface area contributed by atoms with E-state index in [1.165, 1.54) is 0 Å². The minimum atomic E-state index is -0.116. The van der Waals surface area contributed by atoms with Gasteiger partial charge in [0.05, 0.1) is 40.8 Å². The second-order valence-electron chi connectivity index (χ2n) is 5.81. The maximum atomic E-state index is 5.98. The molecule has 1 unspecified atom stereocenters. The van der Waals surface area contributed by atoms with Crippen LogP contribution in [-0.4, -0.2) is 41.2 Å². The average molecular weight is 346 g/mol. The van der Waals surface area contributed by atoms with Gasteiger partial charge in [0, 0.05) is 19.6 Å². The third-order valence-electron chi connectivity index (χ3n) is 3.40. The van der Waals surface area contributed by atoms with Crippen molar-refractivity contribution in [2.45, 2.75) is 52.6 Å². The second kappa shape index (κ2) is 6.56. The number of rotatable bonds is 5. The Kier molecular flexibility index (Phi) is 5.23. The molecular weight excluding hydrogens is 322 g/mol. The summed E-state index contributed by atoms with van der Waals surface area (Å²) in [6.07, 6.45) is 0.108. The van der Waals surface area contributed by atoms with Gasteiger partial charge in [-0.2, -0.15) is 5.10 Å². The van der Waals surface area contributed by atoms with Crippen molar-refractivity contribution < 1.29 is 9.47 Å². The lowest BCUT2D eigenvalue weighted by Crippen LogP contribution is -2.51. The van der Waals surface area contributed by atoms with Gasteiger partial charge in [0.1, 0.15) is 0 Å². The molecule has 2 heterocycles. The van der Waals surface area contributed by atoms with Crippen LogP contribution in [0.5, 0.6) is 0 Å². The highest BCUT2D eigenvalue weighted by molar-refractivity contribution is 9.10. The van der Waals surface area contributed by atoms with E-state index in [2.05, 4.69) is 47.1 Å². The van der Waals surface area contributed by atoms with Crippen molar-refractivity contribution in [1.82, 2.24) is 15.1 Å². The maximum absolute atomic E-state index is 5.98. The predicted octanol–water partition coefficient (Wildman–Crippen LogP) is 2.26. The molecule has 1 aromatic heterocycles. The van der Waals surface area contributed by atoms with Crippen molar-refractivity contribution >= 4 is 15.9 Å². The van der Waals surface area contributed by atoms with Crippen molar-refractivity contribution in [3.05, 3.63) is 15.9 Å². The van der Waals surface area contributed by atoms with Gasteiger partial charge in [-0.3, -0.25) is 4.68 Å². The Morgan fingerprint density at radius 2 is 2.30 bits per heavy atom. The van der Waals surface area contributed by atoms with E-state index < -0.39 is 0 Å². The smallest absolute Gasteiger partial charge is 0.0940 e. The summed E-state index contributed by atoms with van der Waals surface area (Å²) in [7, 11) is 0. The minimum Gasteiger partial charge on any atom is -0.372 e. The third-order valence-corrected chi connectivity index (χ3v) is 4.44. The van der Waals surface area contributed by atoms with E-state index in [-0.39, 0.29) is 11.7 Å². The van der Waals surface area contributed by atoms with Crippen LogP contribution >= 0.6 is 15.9 Å². The highest BCUT2D eigenvalue weighted by Gasteiger charge is 2.28. The van der Waals surface area contributed by atoms with Crippen LogP contribution in [0.2, 0.25) is 0 Å². The fourth-order valence-corrected chi connectivity index (χ4v) is 2.85. The number of nitrogens with zero attached hydrogens (tertiary/aromatic N) is 2. The highest BCUT2D eigenvalue weighted by Crippen LogP contribution is 2.22. The van der Waals surface area contributed by atoms with Crippen LogP contribution in [0.1, 0.15) is 32.2 Å². The fourth-order valence-electron chi connectivity index (χ4n) is 2.46. The second-order valence-corrected chi connectivity index (χ2v) is 6.60. The van der Waals surface area contributed by atoms with Crippen LogP contribution in [0.3, 0.4) is 0 Å². The Hall–Kier alpha value is -0.430. The van der Waals surface area contributed by atoms with E-state index in [0.717, 1.165) is 35.5 Å². The SMILES string of the molecule is CCn1nc(C)c(Br)c1COCC1CNCC(C)(C)O1. The molecule has 1 N–H and O–H groups in total. The number of aryl methyl sites for hydroxylation is 2. The number of ether oxygens (including phenoxy) is 2. The molecule has 0 aliphatic carbocycles. The van der Waals surface area contributed by atoms with Gasteiger partial charge in [0.25, 0.3) is 0 Å². The van der Waals surface area contributed by atoms with Crippen LogP contribution in [0.25, 0.3) is 0 Å². The van der Waals surface area contributed by atoms with Gasteiger partial charge in [0.15, 0.2) is 0 Å². The molecule has 0 radical (unpaired) electrons. The molecule has 0 saturated carbocycles. The molecule has 6 heteroatoms. The van der Waals surface area contributed by atoms with Gasteiger partial charge < -0.3 is 14.8 Å². The summed E-state index contributed by atoms with van der Waals surface area (Å²) in [5.74, 6) is 0. The van der Waals surface area contributed by atoms with Crippen LogP contribution in [-0.2, 0) is 22.6 Å². The molecule has 114 valence electrons. The zero-order valence-corrected chi connectivity index (χ0v) is 14.3. The molecule has 1 fully saturated rings. The molecule has 0 aromatic carbocycles. The summed E-state index contributed by atoms with van der Waals surface area (Å²) in [6.45, 7) is 12.0. The van der Waals surface area contributed by atoms with Crippen LogP contribution in [0, 0.1) is 6.92 Å². The average Bonchev–Trinajstić information content (AvgIpc) is 2.65. The first-order chi connectivity index (χ1) is 9.43. The number of aromatic nitrogens is 2. The van der Waals surface area contributed by atoms with Crippen LogP contribution < -0.4 is 5.32 Å². The van der Waals surface area contributed by atoms with Crippen molar-refractivity contribution in [1.29, 1.82) is 0 Å². The molecule has 1 aliphatic rings. The summed E-state index contributed by atoms with van der Waals surface area (Å²) < 4.78 is 14.8. The van der Waals surface area contributed by atoms with Gasteiger partial charge >= 0.3 is 0 Å². The lowest BCUT2D eigenvalue weighted by Gasteiger charge is -2.36. The van der Waals surface area contributed by atoms with E-state index in [9.17, 15) is 0 Å². The topological polar surface area (TPSA) is 48.3 Å². The number of hydrogen-bond acceptors (Lipinski definition) is 4. The lowest BCUT2D eigenvalue weighted by atomic mass is 10.1. The van der Waals surface area contributed by atoms with E-state index >= 15 is 0 Å². The third kappa shape index (κ3) is 3.81. The highest BCUT2D eigenvalue weighted by atomic mass is 79.9. The Labute approximate surface area is 129 Å². The molecular formula is C14H24BrN3O2. The standard InChI is InChI=1S/C14H24BrN3O2/c1-5-18-12(13(15)10(2)17-18)8-19-7-11-6-16-9-14(3,4)20-11/h11,16H,5-9H2,1-4H3. The first-order valence-corrected chi connectivity index (χ1v) is 7.90. The first-order valence-electron chi connectivity index (χ1n) is 7.11. The molecule has 1 atom stereocenters. The van der Waals surface area contributed by atoms with Gasteiger partial charge in [-0.15, -0.1) is 0 Å². The van der Waals surface area contributed by atoms with Gasteiger partial charge in [-0.25, -0.2) is 0 Å². The number of morpholine rings is 1. The lowest BCUT2D eigenvalue weighted by molar-refractivity contribution is -0.122. The summed E-state index contributed by atoms with van der Waals surface area (Å²) in [5.41, 5.74) is 1.98. The van der Waals surface area contributed by atoms with E-state index in [0.29, 0.717) is 13.2 Å². The first kappa shape index (κ1) is 15.9. The molecule has 0 spiro atoms. The summed E-state index contributed by atoms with van der Waals surface area (Å²) in [4.78, 5) is 0. The van der Waals surface area contributed by atoms with Crippen LogP contribution in [0.4, 0.5) is 0 Å². The van der Waals surface area contributed by atoms with Crippen LogP contribution in [0.15, 0.2) is 4.47 Å². The van der Waals surface area contributed by atoms with Crippen molar-refractivity contribution in [3.8, 4) is 0 Å². The fraction of sp³-hybridized carbons (Fsp3) is 0.786. The maximum Gasteiger partial charge on any atom is 0.0940 e. The molecule has 0 amide bonds. The van der Waals surface area contributed by atoms with Gasteiger partial charge in [0.2, 0.25) is 0 Å². The number of nitrogens with one attached hydrogen (secondary N) is 1. The Morgan fingerprint density at radius 3 is 2.95 bits per heavy atom. The van der Waals surface area contributed by atoms with Crippen molar-refractivity contribution in [3.63, 3.8) is 0 Å². The molecule has 5 nitrogen and oxygen atoms in total. The largest absolute Gasteiger partial charge is 0.372 e. The van der Waals surface area contributed by atoms with E-state index in [1.807, 2.05) is 11.6 Å². The molecule has 1 aromatic rings. The molecule has 20 heavy (non-hydrogen) atoms. The summed E-state index contributed by atoms with van der Waals surface area (Å²) >= 11 is 3.58. The van der Waals surface area contributed by atoms with E-state index in [1.54, 1.807) is 0 Å². The van der Waals surface area contributed by atoms with Gasteiger partial charge in [-0.1, -0.05) is 0 Å². The van der Waals surface area contributed by atoms with Gasteiger partial charge in [-0.05, 0) is 43.6 Å². The zero-order chi connectivity index (χ0) is 14.8. The monoisotopic (exact) mass is 345 g/mol. The zero-order valence-electron chi connectivity index (χ0n) is 12.7. The summed E-state index contributed by atoms with van der Waals surface area (Å²) in [6, 6.07) is 0. The van der Waals surface area contributed by atoms with Crippen molar-refractivity contribution in [2.75, 3.05) is 19.7 Å². The number of halogens is 1.